The van der Waals surface area contributed by atoms with Gasteiger partial charge in [0.25, 0.3) is 5.03 Å². The molecule has 0 saturated heterocycles. The molecule has 0 saturated carbocycles. The quantitative estimate of drug-likeness (QED) is 0.517. The minimum atomic E-state index is -0.523. The molecule has 0 spiro atoms. The van der Waals surface area contributed by atoms with Gasteiger partial charge in [0.15, 0.2) is 5.95 Å². The molecular formula is C18H16ClN3O3S. The normalized spacial score (nSPS) is 10.7. The van der Waals surface area contributed by atoms with Crippen LogP contribution in [0.4, 0.5) is 5.69 Å². The van der Waals surface area contributed by atoms with E-state index in [1.807, 2.05) is 43.3 Å². The van der Waals surface area contributed by atoms with Crippen LogP contribution in [-0.2, 0) is 4.79 Å². The number of nitrogens with zero attached hydrogens (tertiary/aromatic N) is 2. The number of nitrogens with one attached hydrogen (secondary N) is 1. The van der Waals surface area contributed by atoms with Gasteiger partial charge in [-0.2, -0.15) is 0 Å². The minimum absolute atomic E-state index is 0.155. The highest BCUT2D eigenvalue weighted by Gasteiger charge is 2.21. The third kappa shape index (κ3) is 4.36. The molecule has 0 aliphatic heterocycles. The highest BCUT2D eigenvalue weighted by Crippen LogP contribution is 2.24. The number of para-hydroxylation sites is 1. The number of thioether (sulfide) groups is 1. The first-order valence-electron chi connectivity index (χ1n) is 7.88. The van der Waals surface area contributed by atoms with Crippen molar-refractivity contribution in [3.8, 4) is 11.6 Å². The summed E-state index contributed by atoms with van der Waals surface area (Å²) in [6.07, 6.45) is 0.232. The maximum atomic E-state index is 12.2. The molecule has 8 heteroatoms. The van der Waals surface area contributed by atoms with E-state index in [0.717, 1.165) is 11.3 Å². The summed E-state index contributed by atoms with van der Waals surface area (Å²) in [5, 5.41) is 19.4. The Hall–Kier alpha value is -2.51. The largest absolute Gasteiger partial charge is 0.538 e. The lowest BCUT2D eigenvalue weighted by molar-refractivity contribution is -0.705. The van der Waals surface area contributed by atoms with Crippen LogP contribution in [0, 0.1) is 6.92 Å². The molecule has 134 valence electrons. The number of aromatic nitrogens is 2. The zero-order valence-corrected chi connectivity index (χ0v) is 15.5. The Morgan fingerprint density at radius 3 is 2.85 bits per heavy atom. The predicted octanol–water partition coefficient (Wildman–Crippen LogP) is 3.11. The van der Waals surface area contributed by atoms with Crippen molar-refractivity contribution in [3.05, 3.63) is 59.1 Å². The molecule has 2 aromatic carbocycles. The smallest absolute Gasteiger partial charge is 0.297 e. The van der Waals surface area contributed by atoms with Crippen molar-refractivity contribution < 1.29 is 19.1 Å². The average Bonchev–Trinajstić information content (AvgIpc) is 3.00. The van der Waals surface area contributed by atoms with Gasteiger partial charge in [-0.05, 0) is 29.3 Å². The molecule has 0 aliphatic carbocycles. The fourth-order valence-electron chi connectivity index (χ4n) is 2.28. The Bertz CT molecular complexity index is 915. The monoisotopic (exact) mass is 389 g/mol. The van der Waals surface area contributed by atoms with Gasteiger partial charge in [0, 0.05) is 35.0 Å². The van der Waals surface area contributed by atoms with Crippen molar-refractivity contribution in [2.45, 2.75) is 18.4 Å². The van der Waals surface area contributed by atoms with E-state index in [2.05, 4.69) is 10.6 Å². The maximum absolute atomic E-state index is 12.2. The van der Waals surface area contributed by atoms with Gasteiger partial charge in [-0.25, -0.2) is 0 Å². The SMILES string of the molecule is Cc1ccc(Cl)cc1NC(=O)CCSc1c([O-])on[n+]1-c1ccccc1. The molecule has 0 bridgehead atoms. The topological polar surface area (TPSA) is 82.1 Å². The number of hydrogen-bond donors (Lipinski definition) is 1. The van der Waals surface area contributed by atoms with Gasteiger partial charge in [0.1, 0.15) is 0 Å². The van der Waals surface area contributed by atoms with Gasteiger partial charge in [-0.3, -0.25) is 4.79 Å². The lowest BCUT2D eigenvalue weighted by Gasteiger charge is -2.08. The van der Waals surface area contributed by atoms with Crippen molar-refractivity contribution >= 4 is 35.0 Å². The first-order chi connectivity index (χ1) is 12.5. The molecule has 26 heavy (non-hydrogen) atoms. The summed E-state index contributed by atoms with van der Waals surface area (Å²) in [6.45, 7) is 1.89. The summed E-state index contributed by atoms with van der Waals surface area (Å²) < 4.78 is 6.19. The summed E-state index contributed by atoms with van der Waals surface area (Å²) in [4.78, 5) is 12.2. The zero-order chi connectivity index (χ0) is 18.5. The Balaban J connectivity index is 1.61. The second kappa shape index (κ2) is 8.25. The van der Waals surface area contributed by atoms with Crippen LogP contribution in [0.15, 0.2) is 58.1 Å². The van der Waals surface area contributed by atoms with Crippen molar-refractivity contribution in [2.24, 2.45) is 0 Å². The Labute approximate surface area is 159 Å². The molecule has 1 aromatic heterocycles. The van der Waals surface area contributed by atoms with E-state index in [4.69, 9.17) is 16.1 Å². The number of rotatable bonds is 6. The van der Waals surface area contributed by atoms with Gasteiger partial charge >= 0.3 is 0 Å². The fraction of sp³-hybridized carbons (Fsp3) is 0.167. The lowest BCUT2D eigenvalue weighted by Crippen LogP contribution is -2.34. The maximum Gasteiger partial charge on any atom is 0.297 e. The number of carbonyl (C=O) groups is 1. The van der Waals surface area contributed by atoms with Gasteiger partial charge < -0.3 is 14.9 Å². The van der Waals surface area contributed by atoms with Crippen LogP contribution in [0.3, 0.4) is 0 Å². The number of anilines is 1. The van der Waals surface area contributed by atoms with Crippen LogP contribution >= 0.6 is 23.4 Å². The summed E-state index contributed by atoms with van der Waals surface area (Å²) in [5.74, 6) is -0.266. The number of halogens is 1. The van der Waals surface area contributed by atoms with E-state index in [9.17, 15) is 9.90 Å². The van der Waals surface area contributed by atoms with Crippen LogP contribution in [-0.4, -0.2) is 16.9 Å². The van der Waals surface area contributed by atoms with Crippen molar-refractivity contribution in [1.82, 2.24) is 5.27 Å². The van der Waals surface area contributed by atoms with Gasteiger partial charge in [-0.1, -0.05) is 47.6 Å². The van der Waals surface area contributed by atoms with Crippen molar-refractivity contribution in [2.75, 3.05) is 11.1 Å². The molecule has 1 amide bonds. The van der Waals surface area contributed by atoms with Gasteiger partial charge in [0.2, 0.25) is 11.6 Å². The summed E-state index contributed by atoms with van der Waals surface area (Å²) >= 11 is 7.18. The number of hydrogen-bond acceptors (Lipinski definition) is 5. The van der Waals surface area contributed by atoms with E-state index in [0.29, 0.717) is 21.5 Å². The minimum Gasteiger partial charge on any atom is -0.538 e. The summed E-state index contributed by atoms with van der Waals surface area (Å²) in [6, 6.07) is 14.5. The molecule has 0 unspecified atom stereocenters. The molecule has 1 heterocycles. The number of amides is 1. The van der Waals surface area contributed by atoms with Crippen LogP contribution < -0.4 is 15.1 Å². The Morgan fingerprint density at radius 2 is 2.08 bits per heavy atom. The van der Waals surface area contributed by atoms with Crippen molar-refractivity contribution in [1.29, 1.82) is 0 Å². The first kappa shape index (κ1) is 18.3. The molecule has 0 radical (unpaired) electrons. The second-order valence-corrected chi connectivity index (χ2v) is 7.04. The standard InChI is InChI=1S/C18H16ClN3O3S/c1-12-7-8-13(19)11-15(12)20-16(23)9-10-26-17-18(24)25-21-22(17)14-5-3-2-4-6-14/h2-8,11H,9-10H2,1H3,(H-,20,21,23,24). The number of carbonyl (C=O) groups excluding carboxylic acids is 1. The number of aryl methyl sites for hydroxylation is 1. The van der Waals surface area contributed by atoms with Crippen LogP contribution in [0.5, 0.6) is 5.95 Å². The number of benzene rings is 2. The molecule has 3 rings (SSSR count). The van der Waals surface area contributed by atoms with E-state index >= 15 is 0 Å². The highest BCUT2D eigenvalue weighted by atomic mass is 35.5. The molecule has 6 nitrogen and oxygen atoms in total. The molecule has 0 aliphatic rings. The van der Waals surface area contributed by atoms with E-state index in [-0.39, 0.29) is 12.3 Å². The lowest BCUT2D eigenvalue weighted by atomic mass is 10.2. The van der Waals surface area contributed by atoms with Gasteiger partial charge in [-0.15, -0.1) is 0 Å². The summed E-state index contributed by atoms with van der Waals surface area (Å²) in [7, 11) is 0. The third-order valence-corrected chi connectivity index (χ3v) is 4.87. The third-order valence-electron chi connectivity index (χ3n) is 3.61. The van der Waals surface area contributed by atoms with Crippen molar-refractivity contribution in [3.63, 3.8) is 0 Å². The molecule has 3 aromatic rings. The first-order valence-corrected chi connectivity index (χ1v) is 9.24. The second-order valence-electron chi connectivity index (χ2n) is 5.52. The van der Waals surface area contributed by atoms with Crippen LogP contribution in [0.25, 0.3) is 5.69 Å². The fourth-order valence-corrected chi connectivity index (χ4v) is 3.35. The molecular weight excluding hydrogens is 374 g/mol. The van der Waals surface area contributed by atoms with E-state index in [1.54, 1.807) is 12.1 Å². The highest BCUT2D eigenvalue weighted by molar-refractivity contribution is 7.99. The van der Waals surface area contributed by atoms with Crippen LogP contribution in [0.1, 0.15) is 12.0 Å². The van der Waals surface area contributed by atoms with E-state index in [1.165, 1.54) is 16.4 Å². The Kier molecular flexibility index (Phi) is 5.80. The predicted molar refractivity (Wildman–Crippen MR) is 97.6 cm³/mol. The van der Waals surface area contributed by atoms with Crippen LogP contribution in [0.2, 0.25) is 5.02 Å². The average molecular weight is 390 g/mol. The Morgan fingerprint density at radius 1 is 1.31 bits per heavy atom. The van der Waals surface area contributed by atoms with Gasteiger partial charge in [0.05, 0.1) is 5.27 Å². The molecule has 0 atom stereocenters. The van der Waals surface area contributed by atoms with E-state index < -0.39 is 5.95 Å². The molecule has 0 fully saturated rings. The summed E-state index contributed by atoms with van der Waals surface area (Å²) in [5.41, 5.74) is 2.33. The zero-order valence-electron chi connectivity index (χ0n) is 13.9. The molecule has 1 N–H and O–H groups in total.